The summed E-state index contributed by atoms with van der Waals surface area (Å²) in [5.74, 6) is 0. The van der Waals surface area contributed by atoms with Gasteiger partial charge < -0.3 is 0 Å². The van der Waals surface area contributed by atoms with Crippen molar-refractivity contribution < 1.29 is 22.5 Å². The maximum absolute atomic E-state index is 9.34. The molecule has 8 heteroatoms. The number of hydrogen-bond acceptors (Lipinski definition) is 5. The van der Waals surface area contributed by atoms with Gasteiger partial charge in [-0.05, 0) is 0 Å². The van der Waals surface area contributed by atoms with Crippen LogP contribution in [0.3, 0.4) is 0 Å². The Balaban J connectivity index is 0. The minimum Gasteiger partial charge on any atom is -0.291 e. The van der Waals surface area contributed by atoms with Crippen molar-refractivity contribution in [2.24, 2.45) is 0 Å². The third-order valence-corrected chi connectivity index (χ3v) is 0.428. The summed E-state index contributed by atoms with van der Waals surface area (Å²) in [6.45, 7) is 0. The topological polar surface area (TPSA) is 95.9 Å². The molecule has 0 aromatic heterocycles. The smallest absolute Gasteiger partial charge is 0.291 e. The number of nitrogens with one attached hydrogen (secondary N) is 1. The molecule has 0 atom stereocenters. The van der Waals surface area contributed by atoms with E-state index in [0.717, 1.165) is 5.64 Å². The molecule has 0 aliphatic heterocycles. The molecule has 0 aromatic carbocycles. The molecule has 0 saturated heterocycles. The molecule has 0 saturated carbocycles. The van der Waals surface area contributed by atoms with E-state index in [2.05, 4.69) is 4.28 Å². The van der Waals surface area contributed by atoms with Gasteiger partial charge in [-0.15, -0.1) is 4.28 Å². The SMILES string of the molecule is O=S(=O)(O)ONO.[Na]. The summed E-state index contributed by atoms with van der Waals surface area (Å²) >= 11 is 0. The first-order valence-corrected chi connectivity index (χ1v) is 2.48. The molecular weight excluding hydrogens is 149 g/mol. The zero-order chi connectivity index (χ0) is 5.91. The second-order valence-corrected chi connectivity index (χ2v) is 1.62. The Bertz CT molecular complexity index is 125. The largest absolute Gasteiger partial charge is 0.415 e. The van der Waals surface area contributed by atoms with Gasteiger partial charge in [0.2, 0.25) is 0 Å². The van der Waals surface area contributed by atoms with E-state index >= 15 is 0 Å². The van der Waals surface area contributed by atoms with Crippen molar-refractivity contribution in [3.63, 3.8) is 0 Å². The molecule has 45 valence electrons. The van der Waals surface area contributed by atoms with E-state index < -0.39 is 10.4 Å². The second kappa shape index (κ2) is 4.65. The summed E-state index contributed by atoms with van der Waals surface area (Å²) < 4.78 is 29.3. The third kappa shape index (κ3) is 9.92. The Morgan fingerprint density at radius 1 is 1.50 bits per heavy atom. The minimum absolute atomic E-state index is 0. The van der Waals surface area contributed by atoms with Crippen LogP contribution in [0.5, 0.6) is 0 Å². The zero-order valence-electron chi connectivity index (χ0n) is 4.03. The summed E-state index contributed by atoms with van der Waals surface area (Å²) in [5, 5.41) is 7.39. The van der Waals surface area contributed by atoms with E-state index in [-0.39, 0.29) is 29.6 Å². The summed E-state index contributed by atoms with van der Waals surface area (Å²) in [7, 11) is -4.54. The molecule has 0 aromatic rings. The summed E-state index contributed by atoms with van der Waals surface area (Å²) in [6.07, 6.45) is 0. The van der Waals surface area contributed by atoms with Crippen LogP contribution >= 0.6 is 0 Å². The van der Waals surface area contributed by atoms with Gasteiger partial charge in [0.1, 0.15) is 0 Å². The van der Waals surface area contributed by atoms with Crippen molar-refractivity contribution in [1.82, 2.24) is 5.64 Å². The van der Waals surface area contributed by atoms with E-state index in [4.69, 9.17) is 9.76 Å². The fourth-order valence-corrected chi connectivity index (χ4v) is 0.141. The number of hydrogen-bond donors (Lipinski definition) is 3. The molecule has 0 aliphatic rings. The summed E-state index contributed by atoms with van der Waals surface area (Å²) in [4.78, 5) is 0. The minimum atomic E-state index is -4.54. The molecule has 0 amide bonds. The molecular formula is H3NNaO5S. The normalized spacial score (nSPS) is 10.2. The van der Waals surface area contributed by atoms with Gasteiger partial charge in [0.15, 0.2) is 0 Å². The van der Waals surface area contributed by atoms with Crippen LogP contribution in [0, 0.1) is 0 Å². The van der Waals surface area contributed by atoms with Crippen molar-refractivity contribution in [2.45, 2.75) is 0 Å². The fourth-order valence-electron chi connectivity index (χ4n) is 0.0471. The molecule has 0 rings (SSSR count). The predicted octanol–water partition coefficient (Wildman–Crippen LogP) is -1.68. The van der Waals surface area contributed by atoms with Crippen LogP contribution < -0.4 is 5.64 Å². The van der Waals surface area contributed by atoms with Crippen LogP contribution in [0.1, 0.15) is 0 Å². The Morgan fingerprint density at radius 3 is 1.88 bits per heavy atom. The van der Waals surface area contributed by atoms with Crippen LogP contribution in [0.25, 0.3) is 0 Å². The molecule has 6 nitrogen and oxygen atoms in total. The monoisotopic (exact) mass is 152 g/mol. The molecule has 0 aliphatic carbocycles. The Labute approximate surface area is 68.0 Å². The molecule has 0 unspecified atom stereocenters. The average molecular weight is 152 g/mol. The van der Waals surface area contributed by atoms with Crippen molar-refractivity contribution in [3.05, 3.63) is 0 Å². The molecule has 0 fully saturated rings. The van der Waals surface area contributed by atoms with Crippen LogP contribution in [0.2, 0.25) is 0 Å². The summed E-state index contributed by atoms with van der Waals surface area (Å²) in [5.41, 5.74) is 0.770. The predicted molar refractivity (Wildman–Crippen MR) is 23.3 cm³/mol. The zero-order valence-corrected chi connectivity index (χ0v) is 6.84. The van der Waals surface area contributed by atoms with E-state index in [1.807, 2.05) is 0 Å². The molecule has 0 heterocycles. The first kappa shape index (κ1) is 11.6. The van der Waals surface area contributed by atoms with Gasteiger partial charge >= 0.3 is 10.4 Å². The van der Waals surface area contributed by atoms with Gasteiger partial charge in [-0.2, -0.15) is 8.42 Å². The van der Waals surface area contributed by atoms with E-state index in [0.29, 0.717) is 0 Å². The van der Waals surface area contributed by atoms with Gasteiger partial charge in [-0.3, -0.25) is 9.76 Å². The van der Waals surface area contributed by atoms with Gasteiger partial charge in [-0.1, -0.05) is 5.64 Å². The molecule has 8 heavy (non-hydrogen) atoms. The standard InChI is InChI=1S/H3NO5S.Na/c2-1-6-7(3,4)5;/h1-2H,(H,3,4,5);. The maximum atomic E-state index is 9.34. The third-order valence-electron chi connectivity index (χ3n) is 0.143. The van der Waals surface area contributed by atoms with Crippen molar-refractivity contribution in [2.75, 3.05) is 0 Å². The Kier molecular flexibility index (Phi) is 6.72. The van der Waals surface area contributed by atoms with E-state index in [1.54, 1.807) is 0 Å². The van der Waals surface area contributed by atoms with Crippen molar-refractivity contribution in [3.8, 4) is 0 Å². The molecule has 0 bridgehead atoms. The van der Waals surface area contributed by atoms with Crippen molar-refractivity contribution in [1.29, 1.82) is 0 Å². The molecule has 0 spiro atoms. The van der Waals surface area contributed by atoms with Gasteiger partial charge in [0.25, 0.3) is 0 Å². The molecule has 3 N–H and O–H groups in total. The van der Waals surface area contributed by atoms with Crippen LogP contribution in [-0.2, 0) is 14.7 Å². The van der Waals surface area contributed by atoms with E-state index in [9.17, 15) is 8.42 Å². The van der Waals surface area contributed by atoms with Gasteiger partial charge in [-0.25, -0.2) is 0 Å². The Morgan fingerprint density at radius 2 is 1.88 bits per heavy atom. The first-order valence-electron chi connectivity index (χ1n) is 1.11. The van der Waals surface area contributed by atoms with Crippen LogP contribution in [-0.4, -0.2) is 47.7 Å². The van der Waals surface area contributed by atoms with E-state index in [1.165, 1.54) is 0 Å². The quantitative estimate of drug-likeness (QED) is 0.248. The summed E-state index contributed by atoms with van der Waals surface area (Å²) in [6, 6.07) is 0. The fraction of sp³-hybridized carbons (Fsp3) is 0. The average Bonchev–Trinajstić information content (AvgIpc) is 1.30. The first-order chi connectivity index (χ1) is 3.06. The molecule has 1 radical (unpaired) electrons. The van der Waals surface area contributed by atoms with Crippen LogP contribution in [0.15, 0.2) is 0 Å². The maximum Gasteiger partial charge on any atom is 0.415 e. The number of rotatable bonds is 2. The van der Waals surface area contributed by atoms with Gasteiger partial charge in [0, 0.05) is 29.6 Å². The van der Waals surface area contributed by atoms with Crippen molar-refractivity contribution >= 4 is 40.0 Å². The Hall–Kier alpha value is 0.790. The van der Waals surface area contributed by atoms with Gasteiger partial charge in [0.05, 0.1) is 0 Å². The van der Waals surface area contributed by atoms with Crippen LogP contribution in [0.4, 0.5) is 0 Å². The second-order valence-electron chi connectivity index (χ2n) is 0.602.